The number of hydrogen-bond donors (Lipinski definition) is 0. The van der Waals surface area contributed by atoms with Gasteiger partial charge in [0.2, 0.25) is 5.91 Å². The Morgan fingerprint density at radius 3 is 2.87 bits per heavy atom. The molecule has 1 atom stereocenters. The first-order valence-electron chi connectivity index (χ1n) is 7.14. The maximum Gasteiger partial charge on any atom is 0.330 e. The van der Waals surface area contributed by atoms with Crippen molar-refractivity contribution in [3.05, 3.63) is 47.5 Å². The van der Waals surface area contributed by atoms with Gasteiger partial charge in [-0.15, -0.1) is 6.58 Å². The lowest BCUT2D eigenvalue weighted by atomic mass is 10.0. The number of likely N-dealkylation sites (N-methyl/N-ethyl adjacent to an activating group) is 1. The Morgan fingerprint density at radius 1 is 1.52 bits per heavy atom. The normalized spacial score (nSPS) is 11.2. The van der Waals surface area contributed by atoms with Crippen LogP contribution in [0.5, 0.6) is 0 Å². The van der Waals surface area contributed by atoms with Gasteiger partial charge in [0.25, 0.3) is 0 Å². The zero-order valence-electron chi connectivity index (χ0n) is 13.0. The van der Waals surface area contributed by atoms with Crippen molar-refractivity contribution < 1.29 is 14.3 Å². The molecule has 0 bridgehead atoms. The fraction of sp³-hybridized carbons (Fsp3) is 0.353. The minimum absolute atomic E-state index is 0.189. The second-order valence-corrected chi connectivity index (χ2v) is 5.38. The van der Waals surface area contributed by atoms with Gasteiger partial charge in [-0.25, -0.2) is 4.79 Å². The third-order valence-corrected chi connectivity index (χ3v) is 3.53. The van der Waals surface area contributed by atoms with E-state index in [1.807, 2.05) is 6.07 Å². The zero-order chi connectivity index (χ0) is 17.2. The number of nitrogens with zero attached hydrogens (tertiary/aromatic N) is 2. The smallest absolute Gasteiger partial charge is 0.330 e. The summed E-state index contributed by atoms with van der Waals surface area (Å²) in [7, 11) is 1.55. The lowest BCUT2D eigenvalue weighted by Gasteiger charge is -2.26. The van der Waals surface area contributed by atoms with Crippen LogP contribution in [0.4, 0.5) is 0 Å². The van der Waals surface area contributed by atoms with Gasteiger partial charge in [0.15, 0.2) is 6.61 Å². The number of esters is 1. The fourth-order valence-corrected chi connectivity index (χ4v) is 2.25. The van der Waals surface area contributed by atoms with E-state index in [2.05, 4.69) is 6.58 Å². The van der Waals surface area contributed by atoms with Gasteiger partial charge in [0, 0.05) is 24.9 Å². The van der Waals surface area contributed by atoms with E-state index in [9.17, 15) is 9.59 Å². The molecule has 0 spiro atoms. The van der Waals surface area contributed by atoms with Gasteiger partial charge < -0.3 is 9.64 Å². The van der Waals surface area contributed by atoms with Crippen LogP contribution in [0.2, 0.25) is 5.02 Å². The highest BCUT2D eigenvalue weighted by Crippen LogP contribution is 2.16. The number of amides is 1. The Bertz CT molecular complexity index is 610. The predicted molar refractivity (Wildman–Crippen MR) is 87.7 cm³/mol. The lowest BCUT2D eigenvalue weighted by Crippen LogP contribution is -2.44. The molecule has 1 aromatic rings. The SMILES string of the molecule is C=CCCC(=O)N(C)[C@@H](Cc1cccc(Cl)c1)C(=O)OCC#N. The molecule has 0 saturated carbocycles. The summed E-state index contributed by atoms with van der Waals surface area (Å²) in [5.74, 6) is -0.799. The van der Waals surface area contributed by atoms with Crippen molar-refractivity contribution in [2.45, 2.75) is 25.3 Å². The summed E-state index contributed by atoms with van der Waals surface area (Å²) in [6, 6.07) is 7.99. The molecule has 0 N–H and O–H groups in total. The highest BCUT2D eigenvalue weighted by atomic mass is 35.5. The van der Waals surface area contributed by atoms with Crippen LogP contribution < -0.4 is 0 Å². The fourth-order valence-electron chi connectivity index (χ4n) is 2.04. The minimum Gasteiger partial charge on any atom is -0.449 e. The van der Waals surface area contributed by atoms with Gasteiger partial charge >= 0.3 is 5.97 Å². The molecule has 0 heterocycles. The first kappa shape index (κ1) is 18.7. The first-order valence-corrected chi connectivity index (χ1v) is 7.52. The van der Waals surface area contributed by atoms with Crippen molar-refractivity contribution in [2.24, 2.45) is 0 Å². The standard InChI is InChI=1S/C17H19ClN2O3/c1-3-4-8-16(21)20(2)15(17(22)23-10-9-19)12-13-6-5-7-14(18)11-13/h3,5-7,11,15H,1,4,8,10,12H2,2H3/t15-/m0/s1. The molecule has 0 fully saturated rings. The van der Waals surface area contributed by atoms with Crippen molar-refractivity contribution >= 4 is 23.5 Å². The van der Waals surface area contributed by atoms with Crippen molar-refractivity contribution in [3.8, 4) is 6.07 Å². The molecule has 1 rings (SSSR count). The quantitative estimate of drug-likeness (QED) is 0.541. The maximum absolute atomic E-state index is 12.2. The summed E-state index contributed by atoms with van der Waals surface area (Å²) in [5, 5.41) is 9.10. The topological polar surface area (TPSA) is 70.4 Å². The van der Waals surface area contributed by atoms with Crippen LogP contribution in [0.15, 0.2) is 36.9 Å². The van der Waals surface area contributed by atoms with E-state index in [4.69, 9.17) is 21.6 Å². The summed E-state index contributed by atoms with van der Waals surface area (Å²) in [4.78, 5) is 25.7. The second-order valence-electron chi connectivity index (χ2n) is 4.95. The summed E-state index contributed by atoms with van der Waals surface area (Å²) < 4.78 is 4.88. The average Bonchev–Trinajstić information content (AvgIpc) is 2.54. The molecule has 0 saturated heterocycles. The van der Waals surface area contributed by atoms with Gasteiger partial charge in [0.05, 0.1) is 0 Å². The van der Waals surface area contributed by atoms with Crippen LogP contribution in [-0.2, 0) is 20.7 Å². The third kappa shape index (κ3) is 6.13. The number of rotatable bonds is 8. The molecule has 0 aliphatic carbocycles. The van der Waals surface area contributed by atoms with E-state index < -0.39 is 12.0 Å². The highest BCUT2D eigenvalue weighted by molar-refractivity contribution is 6.30. The van der Waals surface area contributed by atoms with E-state index in [1.54, 1.807) is 37.4 Å². The Hall–Kier alpha value is -2.32. The number of hydrogen-bond acceptors (Lipinski definition) is 4. The lowest BCUT2D eigenvalue weighted by molar-refractivity contribution is -0.153. The van der Waals surface area contributed by atoms with Crippen molar-refractivity contribution in [1.82, 2.24) is 4.90 Å². The number of carbonyl (C=O) groups is 2. The van der Waals surface area contributed by atoms with Crippen LogP contribution in [0.1, 0.15) is 18.4 Å². The maximum atomic E-state index is 12.2. The van der Waals surface area contributed by atoms with Crippen LogP contribution in [0, 0.1) is 11.3 Å². The van der Waals surface area contributed by atoms with Crippen molar-refractivity contribution in [1.29, 1.82) is 5.26 Å². The molecule has 0 aliphatic rings. The van der Waals surface area contributed by atoms with Gasteiger partial charge in [-0.05, 0) is 24.1 Å². The van der Waals surface area contributed by atoms with E-state index in [0.717, 1.165) is 5.56 Å². The Labute approximate surface area is 141 Å². The van der Waals surface area contributed by atoms with Crippen LogP contribution in [0.3, 0.4) is 0 Å². The number of ether oxygens (including phenoxy) is 1. The molecule has 5 nitrogen and oxygen atoms in total. The molecular formula is C17H19ClN2O3. The van der Waals surface area contributed by atoms with Crippen molar-refractivity contribution in [3.63, 3.8) is 0 Å². The predicted octanol–water partition coefficient (Wildman–Crippen LogP) is 2.74. The molecule has 0 aliphatic heterocycles. The summed E-state index contributed by atoms with van der Waals surface area (Å²) >= 11 is 5.95. The molecule has 1 amide bonds. The van der Waals surface area contributed by atoms with Gasteiger partial charge in [0.1, 0.15) is 12.1 Å². The number of halogens is 1. The van der Waals surface area contributed by atoms with Crippen LogP contribution in [-0.4, -0.2) is 36.5 Å². The summed E-state index contributed by atoms with van der Waals surface area (Å²) in [5.41, 5.74) is 0.805. The van der Waals surface area contributed by atoms with Gasteiger partial charge in [-0.2, -0.15) is 5.26 Å². The largest absolute Gasteiger partial charge is 0.449 e. The summed E-state index contributed by atoms with van der Waals surface area (Å²) in [6.07, 6.45) is 2.70. The van der Waals surface area contributed by atoms with Crippen LogP contribution in [0.25, 0.3) is 0 Å². The zero-order valence-corrected chi connectivity index (χ0v) is 13.8. The summed E-state index contributed by atoms with van der Waals surface area (Å²) in [6.45, 7) is 3.23. The molecule has 23 heavy (non-hydrogen) atoms. The number of nitriles is 1. The minimum atomic E-state index is -0.806. The average molecular weight is 335 g/mol. The Kier molecular flexibility index (Phi) is 7.86. The van der Waals surface area contributed by atoms with Crippen LogP contribution >= 0.6 is 11.6 Å². The third-order valence-electron chi connectivity index (χ3n) is 3.29. The van der Waals surface area contributed by atoms with Gasteiger partial charge in [-0.3, -0.25) is 4.79 Å². The highest BCUT2D eigenvalue weighted by Gasteiger charge is 2.28. The first-order chi connectivity index (χ1) is 11.0. The monoisotopic (exact) mass is 334 g/mol. The second kappa shape index (κ2) is 9.65. The van der Waals surface area contributed by atoms with Gasteiger partial charge in [-0.1, -0.05) is 29.8 Å². The van der Waals surface area contributed by atoms with Crippen molar-refractivity contribution in [2.75, 3.05) is 13.7 Å². The van der Waals surface area contributed by atoms with E-state index in [-0.39, 0.29) is 25.4 Å². The molecule has 0 aromatic heterocycles. The molecule has 1 aromatic carbocycles. The molecule has 0 radical (unpaired) electrons. The number of benzene rings is 1. The number of allylic oxidation sites excluding steroid dienone is 1. The molecule has 122 valence electrons. The van der Waals surface area contributed by atoms with E-state index in [1.165, 1.54) is 4.90 Å². The molecule has 0 unspecified atom stereocenters. The number of carbonyl (C=O) groups excluding carboxylic acids is 2. The Balaban J connectivity index is 2.92. The van der Waals surface area contributed by atoms with E-state index >= 15 is 0 Å². The molecule has 6 heteroatoms. The Morgan fingerprint density at radius 2 is 2.26 bits per heavy atom. The molecular weight excluding hydrogens is 316 g/mol. The van der Waals surface area contributed by atoms with E-state index in [0.29, 0.717) is 11.4 Å².